The van der Waals surface area contributed by atoms with Crippen molar-refractivity contribution >= 4 is 0 Å². The Morgan fingerprint density at radius 1 is 1.29 bits per heavy atom. The number of nitrogens with zero attached hydrogens (tertiary/aromatic N) is 1. The Morgan fingerprint density at radius 3 is 3.00 bits per heavy atom. The van der Waals surface area contributed by atoms with Crippen molar-refractivity contribution in [2.75, 3.05) is 32.9 Å². The Kier molecular flexibility index (Phi) is 3.79. The summed E-state index contributed by atoms with van der Waals surface area (Å²) in [6.45, 7) is 3.88. The molecule has 82 valence electrons. The number of aliphatic hydroxyl groups is 1. The quantitative estimate of drug-likeness (QED) is 0.716. The molecule has 1 N–H and O–H groups in total. The molecule has 2 atom stereocenters. The Balaban J connectivity index is 1.99. The smallest absolute Gasteiger partial charge is 0.0593 e. The Hall–Kier alpha value is -0.120. The molecular formula is C11H21NO2. The maximum Gasteiger partial charge on any atom is 0.0593 e. The van der Waals surface area contributed by atoms with E-state index in [0.29, 0.717) is 6.04 Å². The summed E-state index contributed by atoms with van der Waals surface area (Å²) < 4.78 is 5.62. The van der Waals surface area contributed by atoms with E-state index in [0.717, 1.165) is 32.2 Å². The van der Waals surface area contributed by atoms with E-state index < -0.39 is 0 Å². The van der Waals surface area contributed by atoms with Crippen LogP contribution in [-0.4, -0.2) is 49.0 Å². The van der Waals surface area contributed by atoms with Gasteiger partial charge in [0, 0.05) is 19.1 Å². The molecule has 0 bridgehead atoms. The summed E-state index contributed by atoms with van der Waals surface area (Å²) in [6, 6.07) is 0.679. The fraction of sp³-hybridized carbons (Fsp3) is 1.00. The van der Waals surface area contributed by atoms with Gasteiger partial charge < -0.3 is 9.84 Å². The van der Waals surface area contributed by atoms with E-state index in [1.54, 1.807) is 0 Å². The lowest BCUT2D eigenvalue weighted by molar-refractivity contribution is 0.0871. The summed E-state index contributed by atoms with van der Waals surface area (Å²) in [4.78, 5) is 2.43. The Labute approximate surface area is 86.0 Å². The molecule has 0 unspecified atom stereocenters. The summed E-state index contributed by atoms with van der Waals surface area (Å²) in [5, 5.41) is 9.02. The molecule has 0 aromatic carbocycles. The number of β-amino-alcohol motifs (C(OH)–C–C–N with tert-alkyl or cyclic N) is 1. The zero-order valence-electron chi connectivity index (χ0n) is 8.82. The van der Waals surface area contributed by atoms with Gasteiger partial charge in [0.25, 0.3) is 0 Å². The molecule has 1 saturated heterocycles. The standard InChI is InChI=1S/C11H21NO2/c13-7-5-12-6-8-14-9-10-3-1-2-4-11(10)12/h10-11,13H,1-9H2/t10-,11-/m0/s1. The van der Waals surface area contributed by atoms with E-state index in [1.165, 1.54) is 25.7 Å². The summed E-state index contributed by atoms with van der Waals surface area (Å²) in [5.41, 5.74) is 0. The van der Waals surface area contributed by atoms with Crippen LogP contribution in [0.15, 0.2) is 0 Å². The highest BCUT2D eigenvalue weighted by Gasteiger charge is 2.31. The first-order chi connectivity index (χ1) is 6.92. The minimum Gasteiger partial charge on any atom is -0.395 e. The minimum absolute atomic E-state index is 0.281. The first-order valence-corrected chi connectivity index (χ1v) is 5.84. The van der Waals surface area contributed by atoms with Gasteiger partial charge in [0.15, 0.2) is 0 Å². The van der Waals surface area contributed by atoms with Gasteiger partial charge in [-0.2, -0.15) is 0 Å². The molecule has 0 aromatic heterocycles. The van der Waals surface area contributed by atoms with E-state index >= 15 is 0 Å². The molecule has 3 nitrogen and oxygen atoms in total. The average molecular weight is 199 g/mol. The second-order valence-electron chi connectivity index (χ2n) is 4.45. The molecule has 0 aromatic rings. The monoisotopic (exact) mass is 199 g/mol. The van der Waals surface area contributed by atoms with Crippen molar-refractivity contribution in [1.29, 1.82) is 0 Å². The van der Waals surface area contributed by atoms with Crippen LogP contribution in [0.4, 0.5) is 0 Å². The molecule has 3 heteroatoms. The van der Waals surface area contributed by atoms with Crippen molar-refractivity contribution in [1.82, 2.24) is 4.90 Å². The molecule has 2 aliphatic rings. The van der Waals surface area contributed by atoms with E-state index in [-0.39, 0.29) is 6.61 Å². The molecule has 1 saturated carbocycles. The van der Waals surface area contributed by atoms with Crippen molar-refractivity contribution in [3.63, 3.8) is 0 Å². The number of rotatable bonds is 2. The number of aliphatic hydroxyl groups excluding tert-OH is 1. The molecule has 14 heavy (non-hydrogen) atoms. The van der Waals surface area contributed by atoms with Crippen LogP contribution in [0.25, 0.3) is 0 Å². The van der Waals surface area contributed by atoms with Crippen LogP contribution < -0.4 is 0 Å². The summed E-state index contributed by atoms with van der Waals surface area (Å²) in [7, 11) is 0. The van der Waals surface area contributed by atoms with Crippen LogP contribution in [0.3, 0.4) is 0 Å². The third-order valence-electron chi connectivity index (χ3n) is 3.58. The number of fused-ring (bicyclic) bond motifs is 1. The molecule has 1 aliphatic carbocycles. The highest BCUT2D eigenvalue weighted by Crippen LogP contribution is 2.29. The zero-order chi connectivity index (χ0) is 9.80. The molecule has 0 amide bonds. The second-order valence-corrected chi connectivity index (χ2v) is 4.45. The lowest BCUT2D eigenvalue weighted by Crippen LogP contribution is -2.44. The van der Waals surface area contributed by atoms with Gasteiger partial charge in [0.2, 0.25) is 0 Å². The normalized spacial score (nSPS) is 34.9. The predicted molar refractivity (Wildman–Crippen MR) is 55.2 cm³/mol. The summed E-state index contributed by atoms with van der Waals surface area (Å²) >= 11 is 0. The van der Waals surface area contributed by atoms with Crippen LogP contribution in [0.1, 0.15) is 25.7 Å². The van der Waals surface area contributed by atoms with E-state index in [4.69, 9.17) is 9.84 Å². The molecule has 0 spiro atoms. The largest absolute Gasteiger partial charge is 0.395 e. The maximum absolute atomic E-state index is 9.02. The molecule has 1 aliphatic heterocycles. The van der Waals surface area contributed by atoms with Crippen LogP contribution in [-0.2, 0) is 4.74 Å². The second kappa shape index (κ2) is 5.10. The first kappa shape index (κ1) is 10.4. The van der Waals surface area contributed by atoms with Gasteiger partial charge in [0.1, 0.15) is 0 Å². The van der Waals surface area contributed by atoms with Crippen LogP contribution in [0.5, 0.6) is 0 Å². The van der Waals surface area contributed by atoms with Crippen LogP contribution in [0, 0.1) is 5.92 Å². The topological polar surface area (TPSA) is 32.7 Å². The summed E-state index contributed by atoms with van der Waals surface area (Å²) in [5.74, 6) is 0.720. The van der Waals surface area contributed by atoms with Gasteiger partial charge in [-0.25, -0.2) is 0 Å². The van der Waals surface area contributed by atoms with Crippen molar-refractivity contribution in [3.05, 3.63) is 0 Å². The highest BCUT2D eigenvalue weighted by atomic mass is 16.5. The minimum atomic E-state index is 0.281. The lowest BCUT2D eigenvalue weighted by atomic mass is 9.84. The average Bonchev–Trinajstić information content (AvgIpc) is 2.42. The van der Waals surface area contributed by atoms with Crippen LogP contribution in [0.2, 0.25) is 0 Å². The number of hydrogen-bond donors (Lipinski definition) is 1. The molecule has 2 fully saturated rings. The van der Waals surface area contributed by atoms with Crippen molar-refractivity contribution < 1.29 is 9.84 Å². The molecule has 1 heterocycles. The van der Waals surface area contributed by atoms with Gasteiger partial charge in [-0.15, -0.1) is 0 Å². The third kappa shape index (κ3) is 2.27. The van der Waals surface area contributed by atoms with Gasteiger partial charge in [-0.3, -0.25) is 4.90 Å². The van der Waals surface area contributed by atoms with Gasteiger partial charge >= 0.3 is 0 Å². The van der Waals surface area contributed by atoms with Crippen molar-refractivity contribution in [2.24, 2.45) is 5.92 Å². The fourth-order valence-corrected chi connectivity index (χ4v) is 2.85. The van der Waals surface area contributed by atoms with E-state index in [2.05, 4.69) is 4.90 Å². The van der Waals surface area contributed by atoms with E-state index in [9.17, 15) is 0 Å². The molecular weight excluding hydrogens is 178 g/mol. The molecule has 2 rings (SSSR count). The predicted octanol–water partition coefficient (Wildman–Crippen LogP) is 0.870. The Bertz CT molecular complexity index is 175. The first-order valence-electron chi connectivity index (χ1n) is 5.84. The Morgan fingerprint density at radius 2 is 2.14 bits per heavy atom. The lowest BCUT2D eigenvalue weighted by Gasteiger charge is -2.37. The highest BCUT2D eigenvalue weighted by molar-refractivity contribution is 4.84. The van der Waals surface area contributed by atoms with E-state index in [1.807, 2.05) is 0 Å². The number of ether oxygens (including phenoxy) is 1. The van der Waals surface area contributed by atoms with Crippen LogP contribution >= 0.6 is 0 Å². The van der Waals surface area contributed by atoms with Crippen molar-refractivity contribution in [3.8, 4) is 0 Å². The van der Waals surface area contributed by atoms with Gasteiger partial charge in [-0.1, -0.05) is 12.8 Å². The molecule has 0 radical (unpaired) electrons. The zero-order valence-corrected chi connectivity index (χ0v) is 8.82. The summed E-state index contributed by atoms with van der Waals surface area (Å²) in [6.07, 6.45) is 5.32. The van der Waals surface area contributed by atoms with Gasteiger partial charge in [-0.05, 0) is 18.8 Å². The number of hydrogen-bond acceptors (Lipinski definition) is 3. The van der Waals surface area contributed by atoms with Crippen molar-refractivity contribution in [2.45, 2.75) is 31.7 Å². The van der Waals surface area contributed by atoms with Gasteiger partial charge in [0.05, 0.1) is 19.8 Å². The maximum atomic E-state index is 9.02. The third-order valence-corrected chi connectivity index (χ3v) is 3.58. The fourth-order valence-electron chi connectivity index (χ4n) is 2.85. The SMILES string of the molecule is OCCN1CCOC[C@@H]2CCCC[C@@H]21.